The van der Waals surface area contributed by atoms with Gasteiger partial charge < -0.3 is 15.7 Å². The lowest BCUT2D eigenvalue weighted by Gasteiger charge is -2.32. The number of benzene rings is 1. The number of anilines is 1. The van der Waals surface area contributed by atoms with Crippen LogP contribution in [0.5, 0.6) is 0 Å². The topological polar surface area (TPSA) is 83.6 Å². The molecule has 1 saturated heterocycles. The van der Waals surface area contributed by atoms with E-state index in [0.717, 1.165) is 18.4 Å². The van der Waals surface area contributed by atoms with E-state index >= 15 is 0 Å². The predicted molar refractivity (Wildman–Crippen MR) is 81.1 cm³/mol. The lowest BCUT2D eigenvalue weighted by atomic mass is 9.92. The van der Waals surface area contributed by atoms with E-state index in [2.05, 4.69) is 0 Å². The molecule has 0 aliphatic carbocycles. The number of aryl methyl sites for hydroxylation is 1. The second kappa shape index (κ2) is 6.61. The maximum absolute atomic E-state index is 12.4. The third kappa shape index (κ3) is 3.97. The number of amides is 1. The molecule has 0 saturated carbocycles. The summed E-state index contributed by atoms with van der Waals surface area (Å²) in [5, 5.41) is 8.71. The number of rotatable bonds is 4. The predicted octanol–water partition coefficient (Wildman–Crippen LogP) is 2.29. The number of hydrogen-bond donors (Lipinski definition) is 2. The van der Waals surface area contributed by atoms with E-state index in [1.54, 1.807) is 6.07 Å². The van der Waals surface area contributed by atoms with Gasteiger partial charge in [-0.3, -0.25) is 9.59 Å². The lowest BCUT2D eigenvalue weighted by Crippen LogP contribution is -2.38. The minimum absolute atomic E-state index is 0.0124. The summed E-state index contributed by atoms with van der Waals surface area (Å²) in [5.74, 6) is -0.324. The number of nitrogen functional groups attached to an aromatic ring is 1. The highest BCUT2D eigenvalue weighted by Crippen LogP contribution is 2.23. The van der Waals surface area contributed by atoms with Crippen molar-refractivity contribution in [3.05, 3.63) is 29.3 Å². The van der Waals surface area contributed by atoms with Crippen LogP contribution >= 0.6 is 0 Å². The standard InChI is InChI=1S/C16H22N2O3/c1-11-2-4-13(10-14(11)17)16(21)18-8-6-12(7-9-18)3-5-15(19)20/h2,4,10,12H,3,5-9,17H2,1H3,(H,19,20). The summed E-state index contributed by atoms with van der Waals surface area (Å²) in [6.45, 7) is 3.30. The molecule has 114 valence electrons. The van der Waals surface area contributed by atoms with Crippen molar-refractivity contribution in [3.8, 4) is 0 Å². The average Bonchev–Trinajstić information content (AvgIpc) is 2.48. The molecule has 1 aromatic carbocycles. The van der Waals surface area contributed by atoms with E-state index in [0.29, 0.717) is 36.7 Å². The van der Waals surface area contributed by atoms with Gasteiger partial charge in [0.1, 0.15) is 0 Å². The number of carbonyl (C=O) groups is 2. The molecule has 0 aromatic heterocycles. The fourth-order valence-corrected chi connectivity index (χ4v) is 2.71. The highest BCUT2D eigenvalue weighted by molar-refractivity contribution is 5.95. The van der Waals surface area contributed by atoms with Crippen LogP contribution in [0, 0.1) is 12.8 Å². The van der Waals surface area contributed by atoms with E-state index in [1.807, 2.05) is 24.0 Å². The number of piperidine rings is 1. The molecule has 2 rings (SSSR count). The van der Waals surface area contributed by atoms with Gasteiger partial charge in [-0.05, 0) is 49.8 Å². The van der Waals surface area contributed by atoms with E-state index in [-0.39, 0.29) is 12.3 Å². The van der Waals surface area contributed by atoms with Gasteiger partial charge in [-0.15, -0.1) is 0 Å². The third-order valence-corrected chi connectivity index (χ3v) is 4.19. The fraction of sp³-hybridized carbons (Fsp3) is 0.500. The zero-order chi connectivity index (χ0) is 15.4. The molecule has 5 heteroatoms. The lowest BCUT2D eigenvalue weighted by molar-refractivity contribution is -0.137. The normalized spacial score (nSPS) is 16.0. The Morgan fingerprint density at radius 1 is 1.33 bits per heavy atom. The van der Waals surface area contributed by atoms with Gasteiger partial charge in [0.2, 0.25) is 0 Å². The summed E-state index contributed by atoms with van der Waals surface area (Å²) in [6, 6.07) is 5.40. The monoisotopic (exact) mass is 290 g/mol. The van der Waals surface area contributed by atoms with Crippen LogP contribution in [0.15, 0.2) is 18.2 Å². The van der Waals surface area contributed by atoms with Crippen LogP contribution in [0.3, 0.4) is 0 Å². The Morgan fingerprint density at radius 2 is 2.00 bits per heavy atom. The second-order valence-corrected chi connectivity index (χ2v) is 5.74. The van der Waals surface area contributed by atoms with Gasteiger partial charge in [0, 0.05) is 30.8 Å². The van der Waals surface area contributed by atoms with Crippen LogP contribution in [-0.4, -0.2) is 35.0 Å². The molecule has 1 aromatic rings. The summed E-state index contributed by atoms with van der Waals surface area (Å²) in [6.07, 6.45) is 2.67. The van der Waals surface area contributed by atoms with Crippen LogP contribution in [0.2, 0.25) is 0 Å². The van der Waals surface area contributed by atoms with Gasteiger partial charge in [-0.2, -0.15) is 0 Å². The Hall–Kier alpha value is -2.04. The molecular weight excluding hydrogens is 268 g/mol. The molecule has 1 fully saturated rings. The van der Waals surface area contributed by atoms with Gasteiger partial charge in [0.15, 0.2) is 0 Å². The Labute approximate surface area is 124 Å². The van der Waals surface area contributed by atoms with Crippen molar-refractivity contribution in [3.63, 3.8) is 0 Å². The Morgan fingerprint density at radius 3 is 2.57 bits per heavy atom. The van der Waals surface area contributed by atoms with Crippen molar-refractivity contribution < 1.29 is 14.7 Å². The van der Waals surface area contributed by atoms with Crippen molar-refractivity contribution in [2.45, 2.75) is 32.6 Å². The zero-order valence-electron chi connectivity index (χ0n) is 12.3. The number of carbonyl (C=O) groups excluding carboxylic acids is 1. The fourth-order valence-electron chi connectivity index (χ4n) is 2.71. The first-order valence-electron chi connectivity index (χ1n) is 7.34. The minimum atomic E-state index is -0.747. The van der Waals surface area contributed by atoms with Crippen molar-refractivity contribution in [2.75, 3.05) is 18.8 Å². The molecule has 3 N–H and O–H groups in total. The number of nitrogens with two attached hydrogens (primary N) is 1. The zero-order valence-corrected chi connectivity index (χ0v) is 12.3. The van der Waals surface area contributed by atoms with Crippen LogP contribution in [0.1, 0.15) is 41.6 Å². The molecule has 5 nitrogen and oxygen atoms in total. The molecule has 1 amide bonds. The molecule has 0 radical (unpaired) electrons. The quantitative estimate of drug-likeness (QED) is 0.833. The number of carboxylic acids is 1. The van der Waals surface area contributed by atoms with Crippen molar-refractivity contribution in [1.29, 1.82) is 0 Å². The van der Waals surface area contributed by atoms with Gasteiger partial charge in [-0.25, -0.2) is 0 Å². The average molecular weight is 290 g/mol. The maximum Gasteiger partial charge on any atom is 0.303 e. The SMILES string of the molecule is Cc1ccc(C(=O)N2CCC(CCC(=O)O)CC2)cc1N. The first kappa shape index (κ1) is 15.4. The molecule has 0 unspecified atom stereocenters. The van der Waals surface area contributed by atoms with Crippen LogP contribution in [0.25, 0.3) is 0 Å². The largest absolute Gasteiger partial charge is 0.481 e. The number of aliphatic carboxylic acids is 1. The Balaban J connectivity index is 1.90. The number of carboxylic acid groups (broad SMARTS) is 1. The molecule has 0 bridgehead atoms. The molecule has 21 heavy (non-hydrogen) atoms. The summed E-state index contributed by atoms with van der Waals surface area (Å²) < 4.78 is 0. The molecular formula is C16H22N2O3. The van der Waals surface area contributed by atoms with Crippen LogP contribution in [0.4, 0.5) is 5.69 Å². The number of likely N-dealkylation sites (tertiary alicyclic amines) is 1. The summed E-state index contributed by atoms with van der Waals surface area (Å²) in [4.78, 5) is 24.8. The molecule has 0 atom stereocenters. The van der Waals surface area contributed by atoms with Crippen LogP contribution < -0.4 is 5.73 Å². The summed E-state index contributed by atoms with van der Waals surface area (Å²) in [7, 11) is 0. The maximum atomic E-state index is 12.4. The van der Waals surface area contributed by atoms with E-state index in [9.17, 15) is 9.59 Å². The van der Waals surface area contributed by atoms with Gasteiger partial charge in [0.25, 0.3) is 5.91 Å². The van der Waals surface area contributed by atoms with Crippen molar-refractivity contribution in [1.82, 2.24) is 4.90 Å². The highest BCUT2D eigenvalue weighted by Gasteiger charge is 2.24. The summed E-state index contributed by atoms with van der Waals surface area (Å²) in [5.41, 5.74) is 8.09. The van der Waals surface area contributed by atoms with E-state index in [1.165, 1.54) is 0 Å². The van der Waals surface area contributed by atoms with E-state index in [4.69, 9.17) is 10.8 Å². The summed E-state index contributed by atoms with van der Waals surface area (Å²) >= 11 is 0. The first-order valence-corrected chi connectivity index (χ1v) is 7.34. The second-order valence-electron chi connectivity index (χ2n) is 5.74. The number of nitrogens with zero attached hydrogens (tertiary/aromatic N) is 1. The third-order valence-electron chi connectivity index (χ3n) is 4.19. The smallest absolute Gasteiger partial charge is 0.303 e. The van der Waals surface area contributed by atoms with Gasteiger partial charge in [0.05, 0.1) is 0 Å². The van der Waals surface area contributed by atoms with Crippen LogP contribution in [-0.2, 0) is 4.79 Å². The Kier molecular flexibility index (Phi) is 4.83. The van der Waals surface area contributed by atoms with Crippen molar-refractivity contribution >= 4 is 17.6 Å². The molecule has 1 heterocycles. The van der Waals surface area contributed by atoms with E-state index < -0.39 is 5.97 Å². The van der Waals surface area contributed by atoms with Gasteiger partial charge in [-0.1, -0.05) is 6.07 Å². The molecule has 0 spiro atoms. The van der Waals surface area contributed by atoms with Crippen molar-refractivity contribution in [2.24, 2.45) is 5.92 Å². The van der Waals surface area contributed by atoms with Gasteiger partial charge >= 0.3 is 5.97 Å². The first-order chi connectivity index (χ1) is 9.97. The number of hydrogen-bond acceptors (Lipinski definition) is 3. The molecule has 1 aliphatic heterocycles. The minimum Gasteiger partial charge on any atom is -0.481 e. The Bertz CT molecular complexity index is 534. The molecule has 1 aliphatic rings. The highest BCUT2D eigenvalue weighted by atomic mass is 16.4.